The molecule has 178 valence electrons. The van der Waals surface area contributed by atoms with Crippen molar-refractivity contribution >= 4 is 5.91 Å². The molecular weight excluding hydrogens is 435 g/mol. The minimum Gasteiger partial charge on any atom is -0.492 e. The van der Waals surface area contributed by atoms with Gasteiger partial charge in [-0.25, -0.2) is 4.39 Å². The van der Waals surface area contributed by atoms with Crippen LogP contribution in [0.3, 0.4) is 0 Å². The van der Waals surface area contributed by atoms with Gasteiger partial charge < -0.3 is 15.3 Å². The average Bonchev–Trinajstić information content (AvgIpc) is 2.85. The summed E-state index contributed by atoms with van der Waals surface area (Å²) in [6.07, 6.45) is 1.75. The number of carbonyl (C=O) groups excluding carboxylic acids is 1. The van der Waals surface area contributed by atoms with Crippen LogP contribution in [-0.2, 0) is 17.8 Å². The van der Waals surface area contributed by atoms with E-state index in [1.54, 1.807) is 30.5 Å². The number of halogens is 1. The van der Waals surface area contributed by atoms with Crippen LogP contribution in [0.2, 0.25) is 0 Å². The minimum absolute atomic E-state index is 0.116. The maximum absolute atomic E-state index is 14.7. The summed E-state index contributed by atoms with van der Waals surface area (Å²) in [7, 11) is 0. The molecule has 1 saturated heterocycles. The van der Waals surface area contributed by atoms with E-state index in [4.69, 9.17) is 4.74 Å². The van der Waals surface area contributed by atoms with Gasteiger partial charge in [-0.15, -0.1) is 0 Å². The second kappa shape index (κ2) is 11.7. The summed E-state index contributed by atoms with van der Waals surface area (Å²) in [5.74, 6) is -0.0294. The van der Waals surface area contributed by atoms with Gasteiger partial charge in [0.2, 0.25) is 5.91 Å². The maximum atomic E-state index is 14.7. The lowest BCUT2D eigenvalue weighted by Gasteiger charge is -2.30. The monoisotopic (exact) mass is 464 g/mol. The molecule has 0 saturated carbocycles. The van der Waals surface area contributed by atoms with Crippen LogP contribution in [0.25, 0.3) is 11.1 Å². The number of amides is 1. The average molecular weight is 465 g/mol. The molecule has 1 aliphatic heterocycles. The second-order valence-corrected chi connectivity index (χ2v) is 8.26. The molecule has 3 aromatic rings. The summed E-state index contributed by atoms with van der Waals surface area (Å²) in [5.41, 5.74) is 2.72. The molecule has 0 atom stereocenters. The number of rotatable bonds is 9. The number of nitrogens with one attached hydrogen (secondary N) is 1. The molecule has 0 bridgehead atoms. The smallest absolute Gasteiger partial charge is 0.226 e. The molecule has 1 amide bonds. The number of benzene rings is 2. The van der Waals surface area contributed by atoms with E-state index in [1.807, 2.05) is 30.3 Å². The Hall–Kier alpha value is -3.33. The van der Waals surface area contributed by atoms with Crippen LogP contribution in [0.4, 0.5) is 4.39 Å². The molecule has 0 radical (unpaired) electrons. The van der Waals surface area contributed by atoms with E-state index in [1.165, 1.54) is 11.1 Å². The maximum Gasteiger partial charge on any atom is 0.226 e. The van der Waals surface area contributed by atoms with E-state index in [2.05, 4.69) is 15.2 Å². The van der Waals surface area contributed by atoms with Gasteiger partial charge in [0.05, 0.1) is 6.42 Å². The fourth-order valence-electron chi connectivity index (χ4n) is 3.79. The third-order valence-electron chi connectivity index (χ3n) is 5.78. The molecule has 1 aromatic heterocycles. The van der Waals surface area contributed by atoms with Crippen molar-refractivity contribution in [1.82, 2.24) is 20.3 Å². The van der Waals surface area contributed by atoms with E-state index in [9.17, 15) is 14.4 Å². The summed E-state index contributed by atoms with van der Waals surface area (Å²) in [4.78, 5) is 18.7. The summed E-state index contributed by atoms with van der Waals surface area (Å²) >= 11 is 0. The van der Waals surface area contributed by atoms with Gasteiger partial charge in [0.1, 0.15) is 18.2 Å². The number of aromatic nitrogens is 1. The van der Waals surface area contributed by atoms with Gasteiger partial charge in [-0.05, 0) is 23.8 Å². The summed E-state index contributed by atoms with van der Waals surface area (Å²) < 4.78 is 20.4. The van der Waals surface area contributed by atoms with Crippen LogP contribution in [0.5, 0.6) is 5.75 Å². The van der Waals surface area contributed by atoms with Gasteiger partial charge in [-0.3, -0.25) is 14.7 Å². The van der Waals surface area contributed by atoms with Gasteiger partial charge in [-0.2, -0.15) is 5.06 Å². The fourth-order valence-corrected chi connectivity index (χ4v) is 3.79. The predicted molar refractivity (Wildman–Crippen MR) is 127 cm³/mol. The van der Waals surface area contributed by atoms with E-state index >= 15 is 0 Å². The first-order chi connectivity index (χ1) is 16.6. The van der Waals surface area contributed by atoms with Gasteiger partial charge in [-0.1, -0.05) is 36.4 Å². The fraction of sp³-hybridized carbons (Fsp3) is 0.308. The van der Waals surface area contributed by atoms with Crippen LogP contribution in [0.15, 0.2) is 66.9 Å². The first-order valence-electron chi connectivity index (χ1n) is 11.4. The van der Waals surface area contributed by atoms with Crippen molar-refractivity contribution in [2.24, 2.45) is 0 Å². The zero-order valence-electron chi connectivity index (χ0n) is 19.0. The Balaban J connectivity index is 1.26. The summed E-state index contributed by atoms with van der Waals surface area (Å²) in [5, 5.41) is 13.6. The van der Waals surface area contributed by atoms with Gasteiger partial charge >= 0.3 is 0 Å². The van der Waals surface area contributed by atoms with Crippen molar-refractivity contribution in [3.8, 4) is 16.9 Å². The molecular formula is C26H29FN4O3. The van der Waals surface area contributed by atoms with Crippen molar-refractivity contribution in [3.63, 3.8) is 0 Å². The number of carbonyl (C=O) groups is 1. The zero-order chi connectivity index (χ0) is 23.8. The van der Waals surface area contributed by atoms with Gasteiger partial charge in [0.25, 0.3) is 0 Å². The summed E-state index contributed by atoms with van der Waals surface area (Å²) in [6.45, 7) is 4.45. The Kier molecular flexibility index (Phi) is 8.19. The largest absolute Gasteiger partial charge is 0.492 e. The highest BCUT2D eigenvalue weighted by atomic mass is 19.1. The molecule has 7 nitrogen and oxygen atoms in total. The third-order valence-corrected chi connectivity index (χ3v) is 5.78. The van der Waals surface area contributed by atoms with E-state index in [0.717, 1.165) is 25.2 Å². The number of hydroxylamine groups is 2. The van der Waals surface area contributed by atoms with E-state index < -0.39 is 0 Å². The molecule has 8 heteroatoms. The van der Waals surface area contributed by atoms with Crippen LogP contribution in [0, 0.1) is 5.82 Å². The molecule has 2 aromatic carbocycles. The number of hydrogen-bond acceptors (Lipinski definition) is 6. The highest BCUT2D eigenvalue weighted by molar-refractivity contribution is 5.78. The van der Waals surface area contributed by atoms with Crippen molar-refractivity contribution < 1.29 is 19.1 Å². The van der Waals surface area contributed by atoms with Crippen molar-refractivity contribution in [2.75, 3.05) is 39.3 Å². The second-order valence-electron chi connectivity index (χ2n) is 8.26. The number of piperazine rings is 1. The predicted octanol–water partition coefficient (Wildman–Crippen LogP) is 3.13. The minimum atomic E-state index is -0.387. The lowest BCUT2D eigenvalue weighted by atomic mass is 10.1. The Labute approximate surface area is 198 Å². The molecule has 2 N–H and O–H groups in total. The molecule has 0 aliphatic carbocycles. The quantitative estimate of drug-likeness (QED) is 0.507. The number of hydrogen-bond donors (Lipinski definition) is 2. The Morgan fingerprint density at radius 1 is 1.06 bits per heavy atom. The third kappa shape index (κ3) is 6.84. The number of nitrogens with zero attached hydrogens (tertiary/aromatic N) is 3. The van der Waals surface area contributed by atoms with Gasteiger partial charge in [0.15, 0.2) is 0 Å². The van der Waals surface area contributed by atoms with Crippen molar-refractivity contribution in [1.29, 1.82) is 0 Å². The molecule has 0 spiro atoms. The highest BCUT2D eigenvalue weighted by Crippen LogP contribution is 2.26. The Bertz CT molecular complexity index is 1070. The molecule has 1 fully saturated rings. The number of pyridine rings is 1. The first kappa shape index (κ1) is 23.8. The van der Waals surface area contributed by atoms with E-state index in [-0.39, 0.29) is 18.1 Å². The molecule has 2 heterocycles. The van der Waals surface area contributed by atoms with Crippen LogP contribution >= 0.6 is 0 Å². The number of ether oxygens (including phenoxy) is 1. The highest BCUT2D eigenvalue weighted by Gasteiger charge is 2.15. The normalized spacial score (nSPS) is 14.6. The van der Waals surface area contributed by atoms with Gasteiger partial charge in [0, 0.05) is 68.4 Å². The molecule has 34 heavy (non-hydrogen) atoms. The first-order valence-corrected chi connectivity index (χ1v) is 11.4. The van der Waals surface area contributed by atoms with Crippen molar-refractivity contribution in [3.05, 3.63) is 83.9 Å². The molecule has 1 aliphatic rings. The molecule has 4 rings (SSSR count). The Morgan fingerprint density at radius 2 is 1.85 bits per heavy atom. The van der Waals surface area contributed by atoms with E-state index in [0.29, 0.717) is 48.8 Å². The molecule has 0 unspecified atom stereocenters. The Morgan fingerprint density at radius 3 is 2.56 bits per heavy atom. The SMILES string of the molecule is O=C(Cc1ccc(-c2ccc(OCCN3CCN(O)CC3)cc2F)cn1)NCc1ccccc1. The lowest BCUT2D eigenvalue weighted by Crippen LogP contribution is -2.45. The van der Waals surface area contributed by atoms with Crippen LogP contribution in [-0.4, -0.2) is 65.4 Å². The zero-order valence-corrected chi connectivity index (χ0v) is 19.0. The van der Waals surface area contributed by atoms with Crippen LogP contribution in [0.1, 0.15) is 11.3 Å². The standard InChI is InChI=1S/C26H29FN4O3/c27-25-17-23(34-15-14-30-10-12-31(33)13-11-30)8-9-24(25)21-6-7-22(28-19-21)16-26(32)29-18-20-4-2-1-3-5-20/h1-9,17,19,33H,10-16,18H2,(H,29,32). The topological polar surface area (TPSA) is 77.9 Å². The summed E-state index contributed by atoms with van der Waals surface area (Å²) in [6, 6.07) is 18.0. The lowest BCUT2D eigenvalue weighted by molar-refractivity contribution is -0.120. The van der Waals surface area contributed by atoms with Crippen molar-refractivity contribution in [2.45, 2.75) is 13.0 Å². The van der Waals surface area contributed by atoms with Crippen LogP contribution < -0.4 is 10.1 Å².